The van der Waals surface area contributed by atoms with Crippen molar-refractivity contribution in [2.75, 3.05) is 19.6 Å². The van der Waals surface area contributed by atoms with Gasteiger partial charge in [-0.1, -0.05) is 0 Å². The average Bonchev–Trinajstić information content (AvgIpc) is 3.27. The molecule has 2 fully saturated rings. The Kier molecular flexibility index (Phi) is 3.85. The van der Waals surface area contributed by atoms with E-state index < -0.39 is 0 Å². The maximum absolute atomic E-state index is 12.6. The molecule has 2 aliphatic heterocycles. The molecule has 1 saturated carbocycles. The van der Waals surface area contributed by atoms with Gasteiger partial charge >= 0.3 is 0 Å². The number of amides is 1. The molecule has 5 heteroatoms. The van der Waals surface area contributed by atoms with E-state index in [0.717, 1.165) is 57.6 Å². The van der Waals surface area contributed by atoms with E-state index in [2.05, 4.69) is 27.9 Å². The van der Waals surface area contributed by atoms with Crippen LogP contribution >= 0.6 is 0 Å². The van der Waals surface area contributed by atoms with E-state index >= 15 is 0 Å². The summed E-state index contributed by atoms with van der Waals surface area (Å²) in [6, 6.07) is 0. The van der Waals surface area contributed by atoms with Gasteiger partial charge in [-0.2, -0.15) is 0 Å². The summed E-state index contributed by atoms with van der Waals surface area (Å²) < 4.78 is 0. The highest BCUT2D eigenvalue weighted by molar-refractivity contribution is 5.82. The molecule has 0 bridgehead atoms. The highest BCUT2D eigenvalue weighted by Crippen LogP contribution is 2.58. The summed E-state index contributed by atoms with van der Waals surface area (Å²) in [5.74, 6) is 0.483. The van der Waals surface area contributed by atoms with Crippen molar-refractivity contribution in [1.29, 1.82) is 0 Å². The van der Waals surface area contributed by atoms with E-state index in [1.54, 1.807) is 0 Å². The number of hydrogen-bond acceptors (Lipinski definition) is 4. The number of aromatic nitrogens is 1. The molecule has 3 heterocycles. The Morgan fingerprint density at radius 2 is 2.17 bits per heavy atom. The van der Waals surface area contributed by atoms with Gasteiger partial charge in [-0.3, -0.25) is 9.78 Å². The van der Waals surface area contributed by atoms with Crippen molar-refractivity contribution in [2.45, 2.75) is 45.7 Å². The van der Waals surface area contributed by atoms with Crippen LogP contribution in [0.5, 0.6) is 0 Å². The smallest absolute Gasteiger partial charge is 0.223 e. The van der Waals surface area contributed by atoms with E-state index in [9.17, 15) is 4.79 Å². The van der Waals surface area contributed by atoms with Crippen molar-refractivity contribution in [3.63, 3.8) is 0 Å². The highest BCUT2D eigenvalue weighted by atomic mass is 16.2. The summed E-state index contributed by atoms with van der Waals surface area (Å²) in [7, 11) is 0. The van der Waals surface area contributed by atoms with E-state index in [1.165, 1.54) is 16.7 Å². The number of fused-ring (bicyclic) bond motifs is 1. The lowest BCUT2D eigenvalue weighted by molar-refractivity contribution is -0.123. The molecule has 1 aromatic heterocycles. The van der Waals surface area contributed by atoms with Gasteiger partial charge < -0.3 is 16.0 Å². The molecule has 3 N–H and O–H groups in total. The molecule has 1 atom stereocenters. The van der Waals surface area contributed by atoms with Crippen LogP contribution in [0.1, 0.15) is 41.6 Å². The zero-order valence-corrected chi connectivity index (χ0v) is 13.9. The fraction of sp³-hybridized carbons (Fsp3) is 0.667. The van der Waals surface area contributed by atoms with Crippen molar-refractivity contribution in [2.24, 2.45) is 11.3 Å². The summed E-state index contributed by atoms with van der Waals surface area (Å²) in [5.41, 5.74) is 5.27. The second-order valence-corrected chi connectivity index (χ2v) is 7.34. The first-order chi connectivity index (χ1) is 11.2. The third-order valence-electron chi connectivity index (χ3n) is 6.01. The number of nitrogens with one attached hydrogen (secondary N) is 3. The molecule has 1 spiro atoms. The monoisotopic (exact) mass is 314 g/mol. The Morgan fingerprint density at radius 3 is 3.00 bits per heavy atom. The Labute approximate surface area is 137 Å². The molecule has 124 valence electrons. The van der Waals surface area contributed by atoms with E-state index in [0.29, 0.717) is 12.0 Å². The van der Waals surface area contributed by atoms with Gasteiger partial charge in [0.25, 0.3) is 0 Å². The fourth-order valence-electron chi connectivity index (χ4n) is 4.37. The molecule has 1 aromatic rings. The maximum Gasteiger partial charge on any atom is 0.223 e. The summed E-state index contributed by atoms with van der Waals surface area (Å²) in [4.78, 5) is 17.1. The molecule has 5 nitrogen and oxygen atoms in total. The van der Waals surface area contributed by atoms with E-state index in [1.807, 2.05) is 6.20 Å². The number of piperidine rings is 1. The molecule has 1 saturated heterocycles. The number of carbonyl (C=O) groups excluding carboxylic acids is 1. The third kappa shape index (κ3) is 2.76. The van der Waals surface area contributed by atoms with Gasteiger partial charge in [0.1, 0.15) is 0 Å². The minimum absolute atomic E-state index is 0.235. The second kappa shape index (κ2) is 5.87. The Balaban J connectivity index is 1.43. The number of rotatable bonds is 3. The van der Waals surface area contributed by atoms with Gasteiger partial charge in [0.05, 0.1) is 0 Å². The predicted molar refractivity (Wildman–Crippen MR) is 88.9 cm³/mol. The first kappa shape index (κ1) is 15.1. The van der Waals surface area contributed by atoms with Gasteiger partial charge in [-0.25, -0.2) is 0 Å². The van der Waals surface area contributed by atoms with Crippen molar-refractivity contribution >= 4 is 5.91 Å². The van der Waals surface area contributed by atoms with E-state index in [4.69, 9.17) is 0 Å². The van der Waals surface area contributed by atoms with Crippen molar-refractivity contribution in [1.82, 2.24) is 20.9 Å². The zero-order chi connectivity index (χ0) is 15.9. The molecule has 0 radical (unpaired) electrons. The van der Waals surface area contributed by atoms with Crippen LogP contribution in [-0.2, 0) is 24.3 Å². The first-order valence-corrected chi connectivity index (χ1v) is 8.85. The standard InChI is InChI=1S/C18H26N4O/c1-12-15(14-2-5-20-9-13(14)10-21-12)11-22-17(23)16-8-18(16)3-6-19-7-4-18/h10,16,19-20H,2-9,11H2,1H3,(H,22,23). The largest absolute Gasteiger partial charge is 0.352 e. The molecule has 4 rings (SSSR count). The molecule has 0 aromatic carbocycles. The quantitative estimate of drug-likeness (QED) is 0.780. The molecule has 1 amide bonds. The molecule has 1 unspecified atom stereocenters. The third-order valence-corrected chi connectivity index (χ3v) is 6.01. The summed E-state index contributed by atoms with van der Waals surface area (Å²) in [6.07, 6.45) is 6.39. The van der Waals surface area contributed by atoms with Gasteiger partial charge in [-0.05, 0) is 74.3 Å². The fourth-order valence-corrected chi connectivity index (χ4v) is 4.37. The predicted octanol–water partition coefficient (Wildman–Crippen LogP) is 1.04. The summed E-state index contributed by atoms with van der Waals surface area (Å²) in [6.45, 7) is 6.71. The average molecular weight is 314 g/mol. The van der Waals surface area contributed by atoms with Gasteiger partial charge in [0, 0.05) is 30.9 Å². The minimum Gasteiger partial charge on any atom is -0.352 e. The number of nitrogens with zero attached hydrogens (tertiary/aromatic N) is 1. The summed E-state index contributed by atoms with van der Waals surface area (Å²) in [5, 5.41) is 9.98. The van der Waals surface area contributed by atoms with Crippen LogP contribution in [0.25, 0.3) is 0 Å². The van der Waals surface area contributed by atoms with Gasteiger partial charge in [0.2, 0.25) is 5.91 Å². The van der Waals surface area contributed by atoms with Crippen LogP contribution in [0, 0.1) is 18.3 Å². The van der Waals surface area contributed by atoms with Crippen LogP contribution in [0.2, 0.25) is 0 Å². The number of carbonyl (C=O) groups is 1. The molecule has 3 aliphatic rings. The SMILES string of the molecule is Cc1ncc2c(c1CNC(=O)C1CC13CCNCC3)CCNC2. The molecular weight excluding hydrogens is 288 g/mol. The second-order valence-electron chi connectivity index (χ2n) is 7.34. The Bertz CT molecular complexity index is 622. The van der Waals surface area contributed by atoms with Crippen molar-refractivity contribution in [3.05, 3.63) is 28.6 Å². The van der Waals surface area contributed by atoms with Crippen LogP contribution in [0.15, 0.2) is 6.20 Å². The van der Waals surface area contributed by atoms with Crippen LogP contribution in [0.4, 0.5) is 0 Å². The minimum atomic E-state index is 0.235. The number of hydrogen-bond donors (Lipinski definition) is 3. The Hall–Kier alpha value is -1.46. The van der Waals surface area contributed by atoms with Crippen LogP contribution < -0.4 is 16.0 Å². The Morgan fingerprint density at radius 1 is 1.35 bits per heavy atom. The van der Waals surface area contributed by atoms with Gasteiger partial charge in [0.15, 0.2) is 0 Å². The van der Waals surface area contributed by atoms with Crippen molar-refractivity contribution < 1.29 is 4.79 Å². The first-order valence-electron chi connectivity index (χ1n) is 8.85. The van der Waals surface area contributed by atoms with Gasteiger partial charge in [-0.15, -0.1) is 0 Å². The van der Waals surface area contributed by atoms with Crippen molar-refractivity contribution in [3.8, 4) is 0 Å². The lowest BCUT2D eigenvalue weighted by Crippen LogP contribution is -2.34. The molecule has 1 aliphatic carbocycles. The highest BCUT2D eigenvalue weighted by Gasteiger charge is 2.57. The number of pyridine rings is 1. The zero-order valence-electron chi connectivity index (χ0n) is 13.9. The normalized spacial score (nSPS) is 25.0. The lowest BCUT2D eigenvalue weighted by atomic mass is 9.91. The van der Waals surface area contributed by atoms with Crippen LogP contribution in [-0.4, -0.2) is 30.5 Å². The summed E-state index contributed by atoms with van der Waals surface area (Å²) >= 11 is 0. The maximum atomic E-state index is 12.6. The number of aryl methyl sites for hydroxylation is 1. The molecule has 23 heavy (non-hydrogen) atoms. The van der Waals surface area contributed by atoms with Crippen LogP contribution in [0.3, 0.4) is 0 Å². The topological polar surface area (TPSA) is 66.0 Å². The van der Waals surface area contributed by atoms with E-state index in [-0.39, 0.29) is 11.8 Å². The molecular formula is C18H26N4O. The lowest BCUT2D eigenvalue weighted by Gasteiger charge is -2.24.